The summed E-state index contributed by atoms with van der Waals surface area (Å²) >= 11 is 0. The summed E-state index contributed by atoms with van der Waals surface area (Å²) in [4.78, 5) is 19.0. The second-order valence-corrected chi connectivity index (χ2v) is 7.04. The maximum Gasteiger partial charge on any atom is 0.241 e. The van der Waals surface area contributed by atoms with Gasteiger partial charge in [-0.25, -0.2) is 8.78 Å². The van der Waals surface area contributed by atoms with Gasteiger partial charge in [0.15, 0.2) is 0 Å². The van der Waals surface area contributed by atoms with Gasteiger partial charge in [-0.05, 0) is 38.1 Å². The Bertz CT molecular complexity index is 985. The van der Waals surface area contributed by atoms with E-state index in [1.165, 1.54) is 6.07 Å². The molecule has 0 bridgehead atoms. The molecule has 4 rings (SSSR count). The number of carbonyl (C=O) groups is 1. The smallest absolute Gasteiger partial charge is 0.241 e. The maximum absolute atomic E-state index is 13.7. The molecule has 1 saturated heterocycles. The predicted molar refractivity (Wildman–Crippen MR) is 103 cm³/mol. The summed E-state index contributed by atoms with van der Waals surface area (Å²) in [5, 5.41) is 6.57. The summed E-state index contributed by atoms with van der Waals surface area (Å²) in [6, 6.07) is 12.7. The van der Waals surface area contributed by atoms with Gasteiger partial charge in [-0.3, -0.25) is 9.69 Å². The van der Waals surface area contributed by atoms with Crippen LogP contribution >= 0.6 is 0 Å². The van der Waals surface area contributed by atoms with Crippen LogP contribution in [0.4, 0.5) is 14.5 Å². The monoisotopic (exact) mass is 398 g/mol. The van der Waals surface area contributed by atoms with Gasteiger partial charge in [0.25, 0.3) is 0 Å². The average molecular weight is 398 g/mol. The summed E-state index contributed by atoms with van der Waals surface area (Å²) in [6.07, 6.45) is 1.27. The number of piperidine rings is 1. The van der Waals surface area contributed by atoms with Crippen LogP contribution in [0.25, 0.3) is 11.4 Å². The molecule has 0 spiro atoms. The average Bonchev–Trinajstić information content (AvgIpc) is 3.20. The number of hydrogen-bond donors (Lipinski definition) is 1. The van der Waals surface area contributed by atoms with E-state index >= 15 is 0 Å². The zero-order valence-corrected chi connectivity index (χ0v) is 15.6. The van der Waals surface area contributed by atoms with Crippen molar-refractivity contribution in [1.82, 2.24) is 15.0 Å². The molecule has 2 heterocycles. The third-order valence-corrected chi connectivity index (χ3v) is 5.01. The molecule has 0 radical (unpaired) electrons. The van der Waals surface area contributed by atoms with E-state index in [0.29, 0.717) is 44.2 Å². The highest BCUT2D eigenvalue weighted by Gasteiger charge is 2.26. The van der Waals surface area contributed by atoms with Gasteiger partial charge in [0.1, 0.15) is 11.6 Å². The largest absolute Gasteiger partial charge is 0.338 e. The minimum absolute atomic E-state index is 0.00173. The Hall–Kier alpha value is -3.13. The van der Waals surface area contributed by atoms with Crippen molar-refractivity contribution in [3.05, 3.63) is 66.1 Å². The van der Waals surface area contributed by atoms with Gasteiger partial charge in [-0.15, -0.1) is 0 Å². The molecule has 6 nitrogen and oxygen atoms in total. The van der Waals surface area contributed by atoms with Crippen molar-refractivity contribution in [2.45, 2.75) is 19.4 Å². The Morgan fingerprint density at radius 3 is 2.62 bits per heavy atom. The Labute approximate surface area is 166 Å². The van der Waals surface area contributed by atoms with Crippen LogP contribution in [-0.4, -0.2) is 34.0 Å². The molecule has 2 aromatic carbocycles. The molecule has 0 unspecified atom stereocenters. The second-order valence-electron chi connectivity index (χ2n) is 7.04. The number of carbonyl (C=O) groups excluding carboxylic acids is 1. The maximum atomic E-state index is 13.7. The number of anilines is 1. The Kier molecular flexibility index (Phi) is 5.62. The molecule has 0 saturated carbocycles. The van der Waals surface area contributed by atoms with Crippen molar-refractivity contribution in [3.63, 3.8) is 0 Å². The number of aromatic nitrogens is 2. The van der Waals surface area contributed by atoms with Crippen molar-refractivity contribution in [2.75, 3.05) is 18.4 Å². The van der Waals surface area contributed by atoms with E-state index in [0.717, 1.165) is 17.7 Å². The number of halogens is 2. The molecule has 8 heteroatoms. The van der Waals surface area contributed by atoms with E-state index in [-0.39, 0.29) is 17.5 Å². The lowest BCUT2D eigenvalue weighted by atomic mass is 9.96. The number of nitrogens with one attached hydrogen (secondary N) is 1. The fraction of sp³-hybridized carbons (Fsp3) is 0.286. The van der Waals surface area contributed by atoms with Crippen molar-refractivity contribution in [2.24, 2.45) is 5.92 Å². The van der Waals surface area contributed by atoms with Gasteiger partial charge in [0, 0.05) is 17.5 Å². The molecule has 1 N–H and O–H groups in total. The highest BCUT2D eigenvalue weighted by molar-refractivity contribution is 5.92. The first-order valence-corrected chi connectivity index (χ1v) is 9.45. The molecular weight excluding hydrogens is 378 g/mol. The zero-order valence-electron chi connectivity index (χ0n) is 15.6. The number of amides is 1. The Morgan fingerprint density at radius 1 is 1.14 bits per heavy atom. The van der Waals surface area contributed by atoms with Crippen LogP contribution in [0.15, 0.2) is 53.1 Å². The predicted octanol–water partition coefficient (Wildman–Crippen LogP) is 3.87. The van der Waals surface area contributed by atoms with E-state index in [9.17, 15) is 13.6 Å². The number of benzene rings is 2. The minimum Gasteiger partial charge on any atom is -0.338 e. The van der Waals surface area contributed by atoms with Crippen LogP contribution < -0.4 is 5.32 Å². The third kappa shape index (κ3) is 4.65. The minimum atomic E-state index is -0.776. The molecule has 29 heavy (non-hydrogen) atoms. The first-order chi connectivity index (χ1) is 14.1. The quantitative estimate of drug-likeness (QED) is 0.707. The molecule has 0 atom stereocenters. The normalized spacial score (nSPS) is 15.4. The molecule has 0 aliphatic carbocycles. The molecule has 1 amide bonds. The lowest BCUT2D eigenvalue weighted by Crippen LogP contribution is -2.37. The van der Waals surface area contributed by atoms with E-state index < -0.39 is 11.6 Å². The second kappa shape index (κ2) is 8.48. The van der Waals surface area contributed by atoms with Crippen LogP contribution in [0.2, 0.25) is 0 Å². The third-order valence-electron chi connectivity index (χ3n) is 5.01. The number of nitrogens with zero attached hydrogens (tertiary/aromatic N) is 3. The van der Waals surface area contributed by atoms with Crippen molar-refractivity contribution < 1.29 is 18.1 Å². The van der Waals surface area contributed by atoms with Crippen LogP contribution in [0.5, 0.6) is 0 Å². The van der Waals surface area contributed by atoms with Crippen LogP contribution in [0.3, 0.4) is 0 Å². The van der Waals surface area contributed by atoms with E-state index in [1.54, 1.807) is 0 Å². The van der Waals surface area contributed by atoms with Gasteiger partial charge >= 0.3 is 0 Å². The fourth-order valence-electron chi connectivity index (χ4n) is 3.39. The van der Waals surface area contributed by atoms with Gasteiger partial charge in [0.05, 0.1) is 12.2 Å². The summed E-state index contributed by atoms with van der Waals surface area (Å²) in [7, 11) is 0. The Morgan fingerprint density at radius 2 is 1.90 bits per heavy atom. The molecule has 3 aromatic rings. The molecule has 1 aliphatic rings. The SMILES string of the molecule is O=C(Nc1ccc(F)cc1F)C1CCN(Cc2nc(-c3ccccc3)no2)CC1. The molecule has 1 fully saturated rings. The van der Waals surface area contributed by atoms with Crippen molar-refractivity contribution in [1.29, 1.82) is 0 Å². The van der Waals surface area contributed by atoms with Crippen LogP contribution in [0, 0.1) is 17.6 Å². The van der Waals surface area contributed by atoms with E-state index in [1.807, 2.05) is 30.3 Å². The van der Waals surface area contributed by atoms with E-state index in [4.69, 9.17) is 4.52 Å². The first-order valence-electron chi connectivity index (χ1n) is 9.45. The van der Waals surface area contributed by atoms with Gasteiger partial charge < -0.3 is 9.84 Å². The number of rotatable bonds is 5. The highest BCUT2D eigenvalue weighted by atomic mass is 19.1. The highest BCUT2D eigenvalue weighted by Crippen LogP contribution is 2.23. The summed E-state index contributed by atoms with van der Waals surface area (Å²) in [5.74, 6) is -0.847. The molecular formula is C21H20F2N4O2. The standard InChI is InChI=1S/C21H20F2N4O2/c22-16-6-7-18(17(23)12-16)24-21(28)15-8-10-27(11-9-15)13-19-25-20(26-29-19)14-4-2-1-3-5-14/h1-7,12,15H,8-11,13H2,(H,24,28). The summed E-state index contributed by atoms with van der Waals surface area (Å²) in [5.41, 5.74) is 0.893. The molecule has 150 valence electrons. The van der Waals surface area contributed by atoms with Gasteiger partial charge in [-0.1, -0.05) is 35.5 Å². The lowest BCUT2D eigenvalue weighted by molar-refractivity contribution is -0.121. The van der Waals surface area contributed by atoms with Crippen molar-refractivity contribution in [3.8, 4) is 11.4 Å². The Balaban J connectivity index is 1.29. The summed E-state index contributed by atoms with van der Waals surface area (Å²) < 4.78 is 32.0. The lowest BCUT2D eigenvalue weighted by Gasteiger charge is -2.30. The molecule has 1 aromatic heterocycles. The van der Waals surface area contributed by atoms with Gasteiger partial charge in [-0.2, -0.15) is 4.98 Å². The number of likely N-dealkylation sites (tertiary alicyclic amines) is 1. The zero-order chi connectivity index (χ0) is 20.2. The fourth-order valence-corrected chi connectivity index (χ4v) is 3.39. The molecule has 1 aliphatic heterocycles. The van der Waals surface area contributed by atoms with Crippen LogP contribution in [-0.2, 0) is 11.3 Å². The number of hydrogen-bond acceptors (Lipinski definition) is 5. The first kappa shape index (κ1) is 19.2. The van der Waals surface area contributed by atoms with Gasteiger partial charge in [0.2, 0.25) is 17.6 Å². The summed E-state index contributed by atoms with van der Waals surface area (Å²) in [6.45, 7) is 1.89. The topological polar surface area (TPSA) is 71.3 Å². The van der Waals surface area contributed by atoms with Crippen LogP contribution in [0.1, 0.15) is 18.7 Å². The van der Waals surface area contributed by atoms with Crippen molar-refractivity contribution >= 4 is 11.6 Å². The van der Waals surface area contributed by atoms with E-state index in [2.05, 4.69) is 20.4 Å².